The Morgan fingerprint density at radius 2 is 1.87 bits per heavy atom. The van der Waals surface area contributed by atoms with Crippen molar-refractivity contribution in [2.75, 3.05) is 5.73 Å². The molecule has 0 aliphatic heterocycles. The van der Waals surface area contributed by atoms with E-state index in [2.05, 4.69) is 9.97 Å². The van der Waals surface area contributed by atoms with Crippen LogP contribution in [0.4, 0.5) is 5.95 Å². The highest BCUT2D eigenvalue weighted by Gasteiger charge is 2.12. The van der Waals surface area contributed by atoms with Crippen molar-refractivity contribution < 1.29 is 4.79 Å². The third-order valence-corrected chi connectivity index (χ3v) is 4.00. The van der Waals surface area contributed by atoms with Gasteiger partial charge in [0.1, 0.15) is 0 Å². The maximum absolute atomic E-state index is 12.3. The monoisotopic (exact) mass is 345 g/mol. The lowest BCUT2D eigenvalue weighted by molar-refractivity contribution is 0.0993. The number of imidazole rings is 1. The second kappa shape index (κ2) is 6.44. The molecule has 0 saturated carbocycles. The van der Waals surface area contributed by atoms with E-state index in [4.69, 9.17) is 28.9 Å². The number of halogens is 2. The zero-order chi connectivity index (χ0) is 16.4. The van der Waals surface area contributed by atoms with Crippen LogP contribution in [0.25, 0.3) is 11.3 Å². The number of rotatable bonds is 4. The second-order valence-corrected chi connectivity index (χ2v) is 5.95. The molecular formula is C17H13Cl2N3O. The van der Waals surface area contributed by atoms with Crippen molar-refractivity contribution in [3.63, 3.8) is 0 Å². The summed E-state index contributed by atoms with van der Waals surface area (Å²) in [5.41, 5.74) is 8.73. The molecule has 0 bridgehead atoms. The van der Waals surface area contributed by atoms with E-state index in [0.717, 1.165) is 16.8 Å². The van der Waals surface area contributed by atoms with E-state index in [-0.39, 0.29) is 12.2 Å². The van der Waals surface area contributed by atoms with Gasteiger partial charge in [0.05, 0.1) is 16.9 Å². The molecule has 0 unspecified atom stereocenters. The van der Waals surface area contributed by atoms with Gasteiger partial charge >= 0.3 is 0 Å². The van der Waals surface area contributed by atoms with Crippen LogP contribution in [0, 0.1) is 0 Å². The van der Waals surface area contributed by atoms with Crippen LogP contribution in [0.2, 0.25) is 10.0 Å². The third-order valence-electron chi connectivity index (χ3n) is 3.46. The van der Waals surface area contributed by atoms with Gasteiger partial charge in [0.25, 0.3) is 0 Å². The number of anilines is 1. The van der Waals surface area contributed by atoms with Gasteiger partial charge in [-0.25, -0.2) is 4.98 Å². The van der Waals surface area contributed by atoms with Crippen LogP contribution in [0.5, 0.6) is 0 Å². The van der Waals surface area contributed by atoms with Gasteiger partial charge in [-0.3, -0.25) is 4.79 Å². The van der Waals surface area contributed by atoms with E-state index in [1.54, 1.807) is 24.4 Å². The molecule has 116 valence electrons. The number of Topliss-reactive ketones (excluding diaryl/α,β-unsaturated/α-hetero) is 1. The number of nitrogen functional groups attached to an aromatic ring is 1. The maximum atomic E-state index is 12.3. The SMILES string of the molecule is Nc1ncc(-c2ccc(CC(=O)c3ccc(Cl)cc3Cl)cc2)[nH]1. The first kappa shape index (κ1) is 15.6. The molecule has 0 atom stereocenters. The second-order valence-electron chi connectivity index (χ2n) is 5.10. The van der Waals surface area contributed by atoms with Crippen LogP contribution in [0.3, 0.4) is 0 Å². The molecule has 0 aliphatic carbocycles. The summed E-state index contributed by atoms with van der Waals surface area (Å²) >= 11 is 11.9. The van der Waals surface area contributed by atoms with Crippen molar-refractivity contribution in [1.82, 2.24) is 9.97 Å². The first-order valence-corrected chi connectivity index (χ1v) is 7.66. The fraction of sp³-hybridized carbons (Fsp3) is 0.0588. The van der Waals surface area contributed by atoms with E-state index in [0.29, 0.717) is 21.6 Å². The molecule has 0 aliphatic rings. The van der Waals surface area contributed by atoms with Crippen molar-refractivity contribution in [2.45, 2.75) is 6.42 Å². The Morgan fingerprint density at radius 1 is 1.13 bits per heavy atom. The highest BCUT2D eigenvalue weighted by Crippen LogP contribution is 2.23. The molecular weight excluding hydrogens is 333 g/mol. The zero-order valence-corrected chi connectivity index (χ0v) is 13.5. The largest absolute Gasteiger partial charge is 0.369 e. The summed E-state index contributed by atoms with van der Waals surface area (Å²) in [4.78, 5) is 19.3. The summed E-state index contributed by atoms with van der Waals surface area (Å²) in [6, 6.07) is 12.5. The summed E-state index contributed by atoms with van der Waals surface area (Å²) in [6.07, 6.45) is 1.94. The molecule has 23 heavy (non-hydrogen) atoms. The summed E-state index contributed by atoms with van der Waals surface area (Å²) in [7, 11) is 0. The molecule has 0 fully saturated rings. The molecule has 3 rings (SSSR count). The Hall–Kier alpha value is -2.30. The number of nitrogens with zero attached hydrogens (tertiary/aromatic N) is 1. The number of carbonyl (C=O) groups excluding carboxylic acids is 1. The van der Waals surface area contributed by atoms with E-state index in [1.165, 1.54) is 0 Å². The molecule has 0 amide bonds. The van der Waals surface area contributed by atoms with Gasteiger partial charge in [-0.1, -0.05) is 47.5 Å². The summed E-state index contributed by atoms with van der Waals surface area (Å²) in [5.74, 6) is 0.321. The van der Waals surface area contributed by atoms with Gasteiger partial charge in [-0.2, -0.15) is 0 Å². The number of nitrogens with two attached hydrogens (primary N) is 1. The Morgan fingerprint density at radius 3 is 2.48 bits per heavy atom. The Balaban J connectivity index is 1.76. The lowest BCUT2D eigenvalue weighted by Gasteiger charge is -2.05. The van der Waals surface area contributed by atoms with E-state index >= 15 is 0 Å². The van der Waals surface area contributed by atoms with Crippen molar-refractivity contribution in [3.8, 4) is 11.3 Å². The van der Waals surface area contributed by atoms with Crippen molar-refractivity contribution in [3.05, 3.63) is 69.8 Å². The summed E-state index contributed by atoms with van der Waals surface area (Å²) in [6.45, 7) is 0. The van der Waals surface area contributed by atoms with Crippen LogP contribution in [0.1, 0.15) is 15.9 Å². The van der Waals surface area contributed by atoms with Gasteiger partial charge in [0, 0.05) is 17.0 Å². The number of benzene rings is 2. The molecule has 0 spiro atoms. The zero-order valence-electron chi connectivity index (χ0n) is 12.0. The van der Waals surface area contributed by atoms with Gasteiger partial charge < -0.3 is 10.7 Å². The first-order chi connectivity index (χ1) is 11.0. The number of aromatic nitrogens is 2. The maximum Gasteiger partial charge on any atom is 0.197 e. The first-order valence-electron chi connectivity index (χ1n) is 6.91. The van der Waals surface area contributed by atoms with Crippen LogP contribution in [0.15, 0.2) is 48.7 Å². The average molecular weight is 346 g/mol. The van der Waals surface area contributed by atoms with Gasteiger partial charge in [-0.05, 0) is 29.3 Å². The topological polar surface area (TPSA) is 71.8 Å². The minimum atomic E-state index is -0.0507. The molecule has 3 aromatic rings. The average Bonchev–Trinajstić information content (AvgIpc) is 2.94. The van der Waals surface area contributed by atoms with E-state index < -0.39 is 0 Å². The minimum Gasteiger partial charge on any atom is -0.369 e. The number of aromatic amines is 1. The van der Waals surface area contributed by atoms with Crippen LogP contribution < -0.4 is 5.73 Å². The number of nitrogens with one attached hydrogen (secondary N) is 1. The lowest BCUT2D eigenvalue weighted by Crippen LogP contribution is -2.04. The Kier molecular flexibility index (Phi) is 4.37. The molecule has 1 heterocycles. The minimum absolute atomic E-state index is 0.0507. The molecule has 1 aromatic heterocycles. The van der Waals surface area contributed by atoms with E-state index in [9.17, 15) is 4.79 Å². The Bertz CT molecular complexity index is 857. The van der Waals surface area contributed by atoms with Crippen LogP contribution in [-0.4, -0.2) is 15.8 Å². The van der Waals surface area contributed by atoms with Crippen LogP contribution in [-0.2, 0) is 6.42 Å². The van der Waals surface area contributed by atoms with Crippen molar-refractivity contribution in [2.24, 2.45) is 0 Å². The number of hydrogen-bond donors (Lipinski definition) is 2. The predicted molar refractivity (Wildman–Crippen MR) is 92.9 cm³/mol. The normalized spacial score (nSPS) is 10.7. The molecule has 2 aromatic carbocycles. The van der Waals surface area contributed by atoms with Gasteiger partial charge in [0.2, 0.25) is 0 Å². The molecule has 0 saturated heterocycles. The van der Waals surface area contributed by atoms with Gasteiger partial charge in [0.15, 0.2) is 11.7 Å². The number of H-pyrrole nitrogens is 1. The lowest BCUT2D eigenvalue weighted by atomic mass is 10.0. The van der Waals surface area contributed by atoms with Crippen LogP contribution >= 0.6 is 23.2 Å². The highest BCUT2D eigenvalue weighted by atomic mass is 35.5. The third kappa shape index (κ3) is 3.55. The smallest absolute Gasteiger partial charge is 0.197 e. The fourth-order valence-electron chi connectivity index (χ4n) is 2.28. The molecule has 4 nitrogen and oxygen atoms in total. The highest BCUT2D eigenvalue weighted by molar-refractivity contribution is 6.36. The molecule has 0 radical (unpaired) electrons. The van der Waals surface area contributed by atoms with Crippen molar-refractivity contribution in [1.29, 1.82) is 0 Å². The molecule has 6 heteroatoms. The standard InChI is InChI=1S/C17H13Cl2N3O/c18-12-5-6-13(14(19)8-12)16(23)7-10-1-3-11(4-2-10)15-9-21-17(20)22-15/h1-6,8-9H,7H2,(H3,20,21,22). The predicted octanol–water partition coefficient (Wildman–Crippen LogP) is 4.39. The fourth-order valence-corrected chi connectivity index (χ4v) is 2.80. The van der Waals surface area contributed by atoms with E-state index in [1.807, 2.05) is 24.3 Å². The van der Waals surface area contributed by atoms with Crippen molar-refractivity contribution >= 4 is 34.9 Å². The quantitative estimate of drug-likeness (QED) is 0.688. The summed E-state index contributed by atoms with van der Waals surface area (Å²) < 4.78 is 0. The summed E-state index contributed by atoms with van der Waals surface area (Å²) in [5, 5.41) is 0.877. The van der Waals surface area contributed by atoms with Gasteiger partial charge in [-0.15, -0.1) is 0 Å². The number of hydrogen-bond acceptors (Lipinski definition) is 3. The Labute approximate surface area is 143 Å². The number of ketones is 1. The number of carbonyl (C=O) groups is 1. The molecule has 3 N–H and O–H groups in total.